The first-order valence-electron chi connectivity index (χ1n) is 6.37. The van der Waals surface area contributed by atoms with Gasteiger partial charge in [-0.1, -0.05) is 36.4 Å². The Morgan fingerprint density at radius 2 is 2.21 bits per heavy atom. The predicted molar refractivity (Wildman–Crippen MR) is 72.7 cm³/mol. The Morgan fingerprint density at radius 1 is 1.53 bits per heavy atom. The van der Waals surface area contributed by atoms with Crippen LogP contribution >= 0.6 is 0 Å². The van der Waals surface area contributed by atoms with E-state index in [1.165, 1.54) is 0 Å². The Bertz CT molecular complexity index is 460. The summed E-state index contributed by atoms with van der Waals surface area (Å²) in [4.78, 5) is 13.6. The molecule has 0 radical (unpaired) electrons. The van der Waals surface area contributed by atoms with Crippen LogP contribution in [0.25, 0.3) is 0 Å². The van der Waals surface area contributed by atoms with Gasteiger partial charge in [0, 0.05) is 0 Å². The highest BCUT2D eigenvalue weighted by Crippen LogP contribution is 2.36. The molecule has 1 aliphatic heterocycles. The molecule has 2 atom stereocenters. The third-order valence-electron chi connectivity index (χ3n) is 3.66. The fourth-order valence-electron chi connectivity index (χ4n) is 2.59. The van der Waals surface area contributed by atoms with Crippen molar-refractivity contribution in [2.24, 2.45) is 0 Å². The van der Waals surface area contributed by atoms with Crippen LogP contribution in [0, 0.1) is 0 Å². The topological polar surface area (TPSA) is 49.8 Å². The van der Waals surface area contributed by atoms with Gasteiger partial charge in [0.1, 0.15) is 12.1 Å². The van der Waals surface area contributed by atoms with Crippen LogP contribution in [0.3, 0.4) is 0 Å². The summed E-state index contributed by atoms with van der Waals surface area (Å²) in [6.45, 7) is 5.71. The summed E-state index contributed by atoms with van der Waals surface area (Å²) in [5.74, 6) is 0. The second-order valence-corrected chi connectivity index (χ2v) is 4.89. The highest BCUT2D eigenvalue weighted by molar-refractivity contribution is 5.72. The molecule has 1 heterocycles. The summed E-state index contributed by atoms with van der Waals surface area (Å²) in [5, 5.41) is 9.71. The lowest BCUT2D eigenvalue weighted by Gasteiger charge is -2.37. The minimum atomic E-state index is -0.700. The second-order valence-electron chi connectivity index (χ2n) is 4.89. The smallest absolute Gasteiger partial charge is 0.411 e. The first kappa shape index (κ1) is 13.6. The van der Waals surface area contributed by atoms with Crippen LogP contribution in [-0.4, -0.2) is 34.9 Å². The molecule has 1 aromatic carbocycles. The van der Waals surface area contributed by atoms with Gasteiger partial charge in [0.05, 0.1) is 12.6 Å². The fraction of sp³-hybridized carbons (Fsp3) is 0.400. The van der Waals surface area contributed by atoms with Gasteiger partial charge in [0.25, 0.3) is 0 Å². The molecule has 0 bridgehead atoms. The molecule has 1 aliphatic rings. The molecular weight excluding hydrogens is 242 g/mol. The number of hydrogen-bond donors (Lipinski definition) is 1. The molecule has 19 heavy (non-hydrogen) atoms. The van der Waals surface area contributed by atoms with E-state index in [9.17, 15) is 9.90 Å². The summed E-state index contributed by atoms with van der Waals surface area (Å²) < 4.78 is 5.15. The van der Waals surface area contributed by atoms with Gasteiger partial charge in [-0.2, -0.15) is 0 Å². The molecular formula is C15H19NO3. The molecule has 2 rings (SSSR count). The molecule has 1 aromatic rings. The van der Waals surface area contributed by atoms with Crippen LogP contribution < -0.4 is 0 Å². The van der Waals surface area contributed by atoms with Gasteiger partial charge in [-0.05, 0) is 18.9 Å². The predicted octanol–water partition coefficient (Wildman–Crippen LogP) is 2.51. The molecule has 4 heteroatoms. The first-order chi connectivity index (χ1) is 9.14. The zero-order chi connectivity index (χ0) is 13.9. The Labute approximate surface area is 113 Å². The van der Waals surface area contributed by atoms with E-state index < -0.39 is 5.54 Å². The number of cyclic esters (lactones) is 1. The van der Waals surface area contributed by atoms with E-state index in [4.69, 9.17) is 4.74 Å². The van der Waals surface area contributed by atoms with Crippen molar-refractivity contribution in [2.75, 3.05) is 13.2 Å². The summed E-state index contributed by atoms with van der Waals surface area (Å²) in [6, 6.07) is 9.58. The van der Waals surface area contributed by atoms with Crippen LogP contribution in [0.2, 0.25) is 0 Å². The molecule has 1 saturated heterocycles. The van der Waals surface area contributed by atoms with Crippen molar-refractivity contribution in [3.05, 3.63) is 48.6 Å². The fourth-order valence-corrected chi connectivity index (χ4v) is 2.59. The van der Waals surface area contributed by atoms with Gasteiger partial charge < -0.3 is 9.84 Å². The van der Waals surface area contributed by atoms with Crippen molar-refractivity contribution in [1.82, 2.24) is 4.90 Å². The number of nitrogens with zero attached hydrogens (tertiary/aromatic N) is 1. The second kappa shape index (κ2) is 5.45. The third kappa shape index (κ3) is 2.36. The molecule has 1 N–H and O–H groups in total. The lowest BCUT2D eigenvalue weighted by atomic mass is 9.93. The first-order valence-corrected chi connectivity index (χ1v) is 6.37. The van der Waals surface area contributed by atoms with Crippen molar-refractivity contribution in [3.63, 3.8) is 0 Å². The SMILES string of the molecule is C=CC[C@@]1(CO)COC(=O)N1C(C)c1ccccc1. The van der Waals surface area contributed by atoms with Gasteiger partial charge in [0.2, 0.25) is 0 Å². The van der Waals surface area contributed by atoms with E-state index >= 15 is 0 Å². The number of carbonyl (C=O) groups excluding carboxylic acids is 1. The van der Waals surface area contributed by atoms with Gasteiger partial charge in [-0.3, -0.25) is 4.90 Å². The molecule has 0 aliphatic carbocycles. The van der Waals surface area contributed by atoms with Crippen molar-refractivity contribution >= 4 is 6.09 Å². The third-order valence-corrected chi connectivity index (χ3v) is 3.66. The highest BCUT2D eigenvalue weighted by atomic mass is 16.6. The standard InChI is InChI=1S/C15H19NO3/c1-3-9-15(10-17)11-19-14(18)16(15)12(2)13-7-5-4-6-8-13/h3-8,12,17H,1,9-11H2,2H3/t12?,15-/m1/s1. The quantitative estimate of drug-likeness (QED) is 0.828. The minimum absolute atomic E-state index is 0.137. The maximum atomic E-state index is 12.0. The number of carbonyl (C=O) groups is 1. The summed E-state index contributed by atoms with van der Waals surface area (Å²) in [6.07, 6.45) is 1.84. The highest BCUT2D eigenvalue weighted by Gasteiger charge is 2.48. The molecule has 1 amide bonds. The van der Waals surface area contributed by atoms with Crippen LogP contribution in [0.1, 0.15) is 24.9 Å². The normalized spacial score (nSPS) is 24.1. The summed E-state index contributed by atoms with van der Waals surface area (Å²) in [5.41, 5.74) is 0.317. The number of aliphatic hydroxyl groups is 1. The molecule has 0 spiro atoms. The zero-order valence-electron chi connectivity index (χ0n) is 11.1. The summed E-state index contributed by atoms with van der Waals surface area (Å²) >= 11 is 0. The number of ether oxygens (including phenoxy) is 1. The van der Waals surface area contributed by atoms with Crippen LogP contribution in [0.4, 0.5) is 4.79 Å². The maximum absolute atomic E-state index is 12.0. The molecule has 1 unspecified atom stereocenters. The van der Waals surface area contributed by atoms with Crippen LogP contribution in [0.15, 0.2) is 43.0 Å². The number of aliphatic hydroxyl groups excluding tert-OH is 1. The maximum Gasteiger partial charge on any atom is 0.411 e. The number of rotatable bonds is 5. The summed E-state index contributed by atoms with van der Waals surface area (Å²) in [7, 11) is 0. The van der Waals surface area contributed by atoms with Gasteiger partial charge in [-0.15, -0.1) is 6.58 Å². The van der Waals surface area contributed by atoms with E-state index in [1.807, 2.05) is 37.3 Å². The van der Waals surface area contributed by atoms with E-state index in [2.05, 4.69) is 6.58 Å². The molecule has 1 fully saturated rings. The molecule has 0 aromatic heterocycles. The number of hydrogen-bond acceptors (Lipinski definition) is 3. The van der Waals surface area contributed by atoms with Crippen molar-refractivity contribution in [3.8, 4) is 0 Å². The number of amides is 1. The van der Waals surface area contributed by atoms with Crippen molar-refractivity contribution < 1.29 is 14.6 Å². The monoisotopic (exact) mass is 261 g/mol. The zero-order valence-corrected chi connectivity index (χ0v) is 11.1. The largest absolute Gasteiger partial charge is 0.447 e. The average molecular weight is 261 g/mol. The van der Waals surface area contributed by atoms with Crippen LogP contribution in [-0.2, 0) is 4.74 Å². The van der Waals surface area contributed by atoms with E-state index in [0.717, 1.165) is 5.56 Å². The minimum Gasteiger partial charge on any atom is -0.447 e. The van der Waals surface area contributed by atoms with Gasteiger partial charge in [0.15, 0.2) is 0 Å². The lowest BCUT2D eigenvalue weighted by Crippen LogP contribution is -2.50. The van der Waals surface area contributed by atoms with E-state index in [1.54, 1.807) is 11.0 Å². The Kier molecular flexibility index (Phi) is 3.90. The van der Waals surface area contributed by atoms with E-state index in [-0.39, 0.29) is 25.3 Å². The van der Waals surface area contributed by atoms with Gasteiger partial charge in [-0.25, -0.2) is 4.79 Å². The average Bonchev–Trinajstić information content (AvgIpc) is 2.77. The van der Waals surface area contributed by atoms with Crippen LogP contribution in [0.5, 0.6) is 0 Å². The Morgan fingerprint density at radius 3 is 2.79 bits per heavy atom. The lowest BCUT2D eigenvalue weighted by molar-refractivity contribution is 0.0648. The van der Waals surface area contributed by atoms with Gasteiger partial charge >= 0.3 is 6.09 Å². The van der Waals surface area contributed by atoms with Crippen molar-refractivity contribution in [2.45, 2.75) is 24.9 Å². The molecule has 4 nitrogen and oxygen atoms in total. The molecule has 0 saturated carbocycles. The molecule has 102 valence electrons. The van der Waals surface area contributed by atoms with Crippen molar-refractivity contribution in [1.29, 1.82) is 0 Å². The van der Waals surface area contributed by atoms with E-state index in [0.29, 0.717) is 6.42 Å². The number of benzene rings is 1. The Hall–Kier alpha value is -1.81. The Balaban J connectivity index is 2.34.